The van der Waals surface area contributed by atoms with Gasteiger partial charge in [-0.3, -0.25) is 0 Å². The number of aromatic nitrogens is 2. The fraction of sp³-hybridized carbons (Fsp3) is 0.333. The predicted octanol–water partition coefficient (Wildman–Crippen LogP) is 3.39. The van der Waals surface area contributed by atoms with E-state index < -0.39 is 11.6 Å². The van der Waals surface area contributed by atoms with Crippen LogP contribution < -0.4 is 5.32 Å². The first-order valence-corrected chi connectivity index (χ1v) is 6.79. The van der Waals surface area contributed by atoms with E-state index in [1.54, 1.807) is 6.07 Å². The van der Waals surface area contributed by atoms with Crippen LogP contribution in [-0.4, -0.2) is 23.1 Å². The van der Waals surface area contributed by atoms with Crippen molar-refractivity contribution in [1.82, 2.24) is 9.97 Å². The lowest BCUT2D eigenvalue weighted by Crippen LogP contribution is -2.06. The molecule has 0 radical (unpaired) electrons. The highest BCUT2D eigenvalue weighted by atomic mass is 19.1. The molecular formula is C15H17F2N3O. The number of benzene rings is 1. The Labute approximate surface area is 122 Å². The molecule has 0 unspecified atom stereocenters. The topological polar surface area (TPSA) is 47.0 Å². The molecule has 0 fully saturated rings. The monoisotopic (exact) mass is 293 g/mol. The van der Waals surface area contributed by atoms with Crippen LogP contribution in [0.15, 0.2) is 24.3 Å². The molecule has 0 bridgehead atoms. The van der Waals surface area contributed by atoms with E-state index in [0.29, 0.717) is 30.5 Å². The maximum Gasteiger partial charge on any atom is 0.157 e. The van der Waals surface area contributed by atoms with Gasteiger partial charge in [-0.15, -0.1) is 0 Å². The van der Waals surface area contributed by atoms with Gasteiger partial charge in [-0.05, 0) is 32.0 Å². The van der Waals surface area contributed by atoms with Crippen LogP contribution in [0.3, 0.4) is 0 Å². The SMILES string of the molecule is CCNc1cc(-c2cc(F)ccc2F)nc(COCC)n1. The molecule has 0 amide bonds. The predicted molar refractivity (Wildman–Crippen MR) is 76.9 cm³/mol. The van der Waals surface area contributed by atoms with Gasteiger partial charge in [-0.1, -0.05) is 0 Å². The van der Waals surface area contributed by atoms with Gasteiger partial charge in [-0.25, -0.2) is 18.7 Å². The molecule has 4 nitrogen and oxygen atoms in total. The van der Waals surface area contributed by atoms with Crippen molar-refractivity contribution in [2.75, 3.05) is 18.5 Å². The first-order valence-electron chi connectivity index (χ1n) is 6.79. The molecule has 0 atom stereocenters. The molecule has 1 heterocycles. The van der Waals surface area contributed by atoms with E-state index in [2.05, 4.69) is 15.3 Å². The Morgan fingerprint density at radius 2 is 1.95 bits per heavy atom. The molecule has 0 saturated heterocycles. The summed E-state index contributed by atoms with van der Waals surface area (Å²) in [5, 5.41) is 3.05. The summed E-state index contributed by atoms with van der Waals surface area (Å²) in [5.74, 6) is -0.0592. The second-order valence-corrected chi connectivity index (χ2v) is 4.35. The van der Waals surface area contributed by atoms with Gasteiger partial charge in [0.15, 0.2) is 5.82 Å². The number of hydrogen-bond donors (Lipinski definition) is 1. The number of halogens is 2. The highest BCUT2D eigenvalue weighted by Crippen LogP contribution is 2.24. The third-order valence-electron chi connectivity index (χ3n) is 2.77. The van der Waals surface area contributed by atoms with Crippen molar-refractivity contribution in [2.24, 2.45) is 0 Å². The van der Waals surface area contributed by atoms with Crippen molar-refractivity contribution in [3.8, 4) is 11.3 Å². The summed E-state index contributed by atoms with van der Waals surface area (Å²) < 4.78 is 32.5. The molecule has 112 valence electrons. The van der Waals surface area contributed by atoms with Crippen molar-refractivity contribution in [3.05, 3.63) is 41.7 Å². The van der Waals surface area contributed by atoms with Gasteiger partial charge in [0.25, 0.3) is 0 Å². The van der Waals surface area contributed by atoms with Crippen molar-refractivity contribution >= 4 is 5.82 Å². The third-order valence-corrected chi connectivity index (χ3v) is 2.77. The van der Waals surface area contributed by atoms with E-state index in [0.717, 1.165) is 18.2 Å². The normalized spacial score (nSPS) is 10.7. The van der Waals surface area contributed by atoms with E-state index in [-0.39, 0.29) is 12.2 Å². The average molecular weight is 293 g/mol. The zero-order valence-corrected chi connectivity index (χ0v) is 12.0. The van der Waals surface area contributed by atoms with Gasteiger partial charge >= 0.3 is 0 Å². The van der Waals surface area contributed by atoms with Crippen molar-refractivity contribution in [3.63, 3.8) is 0 Å². The number of rotatable bonds is 6. The highest BCUT2D eigenvalue weighted by molar-refractivity contribution is 5.63. The zero-order chi connectivity index (χ0) is 15.2. The van der Waals surface area contributed by atoms with E-state index in [9.17, 15) is 8.78 Å². The molecule has 2 aromatic rings. The summed E-state index contributed by atoms with van der Waals surface area (Å²) in [6.07, 6.45) is 0. The van der Waals surface area contributed by atoms with Gasteiger partial charge in [0.1, 0.15) is 24.1 Å². The van der Waals surface area contributed by atoms with Crippen LogP contribution in [0.2, 0.25) is 0 Å². The third kappa shape index (κ3) is 3.95. The van der Waals surface area contributed by atoms with Gasteiger partial charge in [-0.2, -0.15) is 0 Å². The quantitative estimate of drug-likeness (QED) is 0.887. The van der Waals surface area contributed by atoms with Crippen LogP contribution >= 0.6 is 0 Å². The van der Waals surface area contributed by atoms with Crippen molar-refractivity contribution < 1.29 is 13.5 Å². The Hall–Kier alpha value is -2.08. The maximum atomic E-state index is 13.9. The first-order chi connectivity index (χ1) is 10.1. The molecule has 0 spiro atoms. The summed E-state index contributed by atoms with van der Waals surface area (Å²) in [6, 6.07) is 4.88. The second-order valence-electron chi connectivity index (χ2n) is 4.35. The summed E-state index contributed by atoms with van der Waals surface area (Å²) in [6.45, 7) is 5.20. The fourth-order valence-electron chi connectivity index (χ4n) is 1.86. The molecule has 0 saturated carbocycles. The Morgan fingerprint density at radius 1 is 1.14 bits per heavy atom. The largest absolute Gasteiger partial charge is 0.374 e. The van der Waals surface area contributed by atoms with Gasteiger partial charge in [0, 0.05) is 24.8 Å². The van der Waals surface area contributed by atoms with E-state index in [4.69, 9.17) is 4.74 Å². The van der Waals surface area contributed by atoms with Gasteiger partial charge in [0.2, 0.25) is 0 Å². The molecule has 6 heteroatoms. The molecule has 1 aromatic heterocycles. The van der Waals surface area contributed by atoms with Crippen LogP contribution in [0.5, 0.6) is 0 Å². The Bertz CT molecular complexity index is 620. The van der Waals surface area contributed by atoms with Crippen molar-refractivity contribution in [1.29, 1.82) is 0 Å². The Kier molecular flexibility index (Phi) is 5.16. The summed E-state index contributed by atoms with van der Waals surface area (Å²) in [7, 11) is 0. The smallest absolute Gasteiger partial charge is 0.157 e. The molecular weight excluding hydrogens is 276 g/mol. The zero-order valence-electron chi connectivity index (χ0n) is 12.0. The average Bonchev–Trinajstić information content (AvgIpc) is 2.48. The fourth-order valence-corrected chi connectivity index (χ4v) is 1.86. The van der Waals surface area contributed by atoms with Crippen LogP contribution in [0.4, 0.5) is 14.6 Å². The van der Waals surface area contributed by atoms with Crippen LogP contribution in [0.1, 0.15) is 19.7 Å². The van der Waals surface area contributed by atoms with Crippen LogP contribution in [0, 0.1) is 11.6 Å². The highest BCUT2D eigenvalue weighted by Gasteiger charge is 2.11. The first kappa shape index (κ1) is 15.3. The molecule has 0 aliphatic heterocycles. The molecule has 1 aromatic carbocycles. The lowest BCUT2D eigenvalue weighted by molar-refractivity contribution is 0.128. The van der Waals surface area contributed by atoms with Gasteiger partial charge in [0.05, 0.1) is 5.69 Å². The minimum Gasteiger partial charge on any atom is -0.374 e. The number of ether oxygens (including phenoxy) is 1. The molecule has 2 rings (SSSR count). The molecule has 0 aliphatic carbocycles. The Balaban J connectivity index is 2.45. The standard InChI is InChI=1S/C15H17F2N3O/c1-3-18-14-8-13(19-15(20-14)9-21-4-2)11-7-10(16)5-6-12(11)17/h5-8H,3-4,9H2,1-2H3,(H,18,19,20). The number of nitrogens with zero attached hydrogens (tertiary/aromatic N) is 2. The molecule has 0 aliphatic rings. The van der Waals surface area contributed by atoms with E-state index in [1.807, 2.05) is 13.8 Å². The van der Waals surface area contributed by atoms with Crippen LogP contribution in [0.25, 0.3) is 11.3 Å². The number of nitrogens with one attached hydrogen (secondary N) is 1. The lowest BCUT2D eigenvalue weighted by atomic mass is 10.1. The second kappa shape index (κ2) is 7.08. The molecule has 1 N–H and O–H groups in total. The minimum absolute atomic E-state index is 0.106. The maximum absolute atomic E-state index is 13.9. The number of hydrogen-bond acceptors (Lipinski definition) is 4. The van der Waals surface area contributed by atoms with Crippen LogP contribution in [-0.2, 0) is 11.3 Å². The molecule has 21 heavy (non-hydrogen) atoms. The van der Waals surface area contributed by atoms with E-state index >= 15 is 0 Å². The Morgan fingerprint density at radius 3 is 2.67 bits per heavy atom. The van der Waals surface area contributed by atoms with E-state index in [1.165, 1.54) is 0 Å². The minimum atomic E-state index is -0.528. The van der Waals surface area contributed by atoms with Gasteiger partial charge < -0.3 is 10.1 Å². The number of anilines is 1. The lowest BCUT2D eigenvalue weighted by Gasteiger charge is -2.10. The summed E-state index contributed by atoms with van der Waals surface area (Å²) >= 11 is 0. The summed E-state index contributed by atoms with van der Waals surface area (Å²) in [5.41, 5.74) is 0.432. The summed E-state index contributed by atoms with van der Waals surface area (Å²) in [4.78, 5) is 8.52. The van der Waals surface area contributed by atoms with Crippen molar-refractivity contribution in [2.45, 2.75) is 20.5 Å².